The lowest BCUT2D eigenvalue weighted by Gasteiger charge is -2.45. The van der Waals surface area contributed by atoms with Crippen LogP contribution in [0.4, 0.5) is 24.5 Å². The molecule has 1 N–H and O–H groups in total. The molecule has 0 radical (unpaired) electrons. The van der Waals surface area contributed by atoms with Crippen molar-refractivity contribution in [2.75, 3.05) is 17.3 Å². The van der Waals surface area contributed by atoms with E-state index in [0.717, 1.165) is 23.4 Å². The normalized spacial score (nSPS) is 21.7. The van der Waals surface area contributed by atoms with Crippen LogP contribution >= 0.6 is 0 Å². The number of nitrogens with zero attached hydrogens (tertiary/aromatic N) is 1. The van der Waals surface area contributed by atoms with E-state index in [-0.39, 0.29) is 11.5 Å². The molecule has 0 bridgehead atoms. The standard InChI is InChI=1S/C22H25F3N2/c1-21(2)13-20(14-5-4-6-17(11-14)26-16-8-9-16)27(3)19-10-7-15(12-18(19)21)22(23,24)25/h4-7,10-12,16,20,26H,8-9,13H2,1-3H3. The highest BCUT2D eigenvalue weighted by molar-refractivity contribution is 5.62. The van der Waals surface area contributed by atoms with Gasteiger partial charge in [-0.25, -0.2) is 0 Å². The fourth-order valence-electron chi connectivity index (χ4n) is 4.10. The summed E-state index contributed by atoms with van der Waals surface area (Å²) in [7, 11) is 1.98. The predicted octanol–water partition coefficient (Wildman–Crippen LogP) is 6.14. The summed E-state index contributed by atoms with van der Waals surface area (Å²) in [5.41, 5.74) is 3.05. The van der Waals surface area contributed by atoms with E-state index >= 15 is 0 Å². The molecule has 1 atom stereocenters. The van der Waals surface area contributed by atoms with Gasteiger partial charge in [0.15, 0.2) is 0 Å². The van der Waals surface area contributed by atoms with Crippen molar-refractivity contribution >= 4 is 11.4 Å². The van der Waals surface area contributed by atoms with E-state index in [1.165, 1.54) is 30.5 Å². The van der Waals surface area contributed by atoms with Crippen molar-refractivity contribution in [3.05, 3.63) is 59.2 Å². The van der Waals surface area contributed by atoms with Crippen molar-refractivity contribution in [2.24, 2.45) is 0 Å². The van der Waals surface area contributed by atoms with Crippen LogP contribution in [0.5, 0.6) is 0 Å². The molecule has 0 aromatic heterocycles. The van der Waals surface area contributed by atoms with Crippen molar-refractivity contribution in [2.45, 2.75) is 56.8 Å². The van der Waals surface area contributed by atoms with Gasteiger partial charge >= 0.3 is 6.18 Å². The van der Waals surface area contributed by atoms with E-state index in [4.69, 9.17) is 0 Å². The third-order valence-corrected chi connectivity index (χ3v) is 5.82. The highest BCUT2D eigenvalue weighted by Crippen LogP contribution is 2.48. The lowest BCUT2D eigenvalue weighted by molar-refractivity contribution is -0.137. The molecular weight excluding hydrogens is 349 g/mol. The molecule has 5 heteroatoms. The minimum Gasteiger partial charge on any atom is -0.382 e. The van der Waals surface area contributed by atoms with Crippen LogP contribution in [0.3, 0.4) is 0 Å². The minimum atomic E-state index is -4.32. The van der Waals surface area contributed by atoms with Crippen LogP contribution in [0, 0.1) is 0 Å². The van der Waals surface area contributed by atoms with E-state index in [1.807, 2.05) is 20.9 Å². The van der Waals surface area contributed by atoms with Gasteiger partial charge in [0.1, 0.15) is 0 Å². The first-order valence-corrected chi connectivity index (χ1v) is 9.46. The summed E-state index contributed by atoms with van der Waals surface area (Å²) >= 11 is 0. The van der Waals surface area contributed by atoms with Crippen LogP contribution in [-0.4, -0.2) is 13.1 Å². The van der Waals surface area contributed by atoms with Crippen LogP contribution < -0.4 is 10.2 Å². The zero-order chi connectivity index (χ0) is 19.4. The summed E-state index contributed by atoms with van der Waals surface area (Å²) in [5, 5.41) is 3.53. The Morgan fingerprint density at radius 1 is 1.07 bits per heavy atom. The third-order valence-electron chi connectivity index (χ3n) is 5.82. The Balaban J connectivity index is 1.70. The Hall–Kier alpha value is -2.17. The molecule has 27 heavy (non-hydrogen) atoms. The molecule has 2 aromatic rings. The van der Waals surface area contributed by atoms with Crippen molar-refractivity contribution < 1.29 is 13.2 Å². The number of alkyl halides is 3. The number of hydrogen-bond acceptors (Lipinski definition) is 2. The molecule has 0 amide bonds. The van der Waals surface area contributed by atoms with Gasteiger partial charge in [-0.2, -0.15) is 13.2 Å². The monoisotopic (exact) mass is 374 g/mol. The maximum atomic E-state index is 13.2. The molecule has 1 aliphatic carbocycles. The Bertz CT molecular complexity index is 853. The molecule has 1 saturated carbocycles. The van der Waals surface area contributed by atoms with Gasteiger partial charge in [0, 0.05) is 24.5 Å². The second-order valence-corrected chi connectivity index (χ2v) is 8.49. The van der Waals surface area contributed by atoms with Gasteiger partial charge in [-0.05, 0) is 66.1 Å². The fraction of sp³-hybridized carbons (Fsp3) is 0.455. The van der Waals surface area contributed by atoms with Crippen LogP contribution in [0.1, 0.15) is 55.8 Å². The second-order valence-electron chi connectivity index (χ2n) is 8.49. The summed E-state index contributed by atoms with van der Waals surface area (Å²) in [6, 6.07) is 13.3. The van der Waals surface area contributed by atoms with Gasteiger partial charge in [-0.1, -0.05) is 26.0 Å². The molecule has 2 nitrogen and oxygen atoms in total. The molecule has 2 aliphatic rings. The molecular formula is C22H25F3N2. The third kappa shape index (κ3) is 3.52. The predicted molar refractivity (Wildman–Crippen MR) is 103 cm³/mol. The van der Waals surface area contributed by atoms with Crippen molar-refractivity contribution in [1.82, 2.24) is 0 Å². The summed E-state index contributed by atoms with van der Waals surface area (Å²) in [4.78, 5) is 2.12. The van der Waals surface area contributed by atoms with Crippen LogP contribution in [0.2, 0.25) is 0 Å². The van der Waals surface area contributed by atoms with Gasteiger partial charge < -0.3 is 10.2 Å². The summed E-state index contributed by atoms with van der Waals surface area (Å²) in [5.74, 6) is 0. The van der Waals surface area contributed by atoms with Crippen molar-refractivity contribution in [1.29, 1.82) is 0 Å². The number of fused-ring (bicyclic) bond motifs is 1. The average Bonchev–Trinajstić information content (AvgIpc) is 3.41. The van der Waals surface area contributed by atoms with Crippen LogP contribution in [0.15, 0.2) is 42.5 Å². The maximum absolute atomic E-state index is 13.2. The van der Waals surface area contributed by atoms with Crippen molar-refractivity contribution in [3.63, 3.8) is 0 Å². The van der Waals surface area contributed by atoms with Gasteiger partial charge in [0.25, 0.3) is 0 Å². The molecule has 2 aromatic carbocycles. The maximum Gasteiger partial charge on any atom is 0.416 e. The smallest absolute Gasteiger partial charge is 0.382 e. The number of hydrogen-bond donors (Lipinski definition) is 1. The lowest BCUT2D eigenvalue weighted by Crippen LogP contribution is -2.38. The number of halogens is 3. The Labute approximate surface area is 158 Å². The zero-order valence-electron chi connectivity index (χ0n) is 15.9. The Kier molecular flexibility index (Phi) is 4.17. The molecule has 1 aliphatic heterocycles. The molecule has 1 unspecified atom stereocenters. The first-order chi connectivity index (χ1) is 12.6. The first-order valence-electron chi connectivity index (χ1n) is 9.46. The van der Waals surface area contributed by atoms with E-state index in [9.17, 15) is 13.2 Å². The number of rotatable bonds is 3. The number of nitrogens with one attached hydrogen (secondary N) is 1. The topological polar surface area (TPSA) is 15.3 Å². The second kappa shape index (κ2) is 6.18. The van der Waals surface area contributed by atoms with Crippen LogP contribution in [0.25, 0.3) is 0 Å². The number of anilines is 2. The largest absolute Gasteiger partial charge is 0.416 e. The lowest BCUT2D eigenvalue weighted by atomic mass is 9.73. The molecule has 144 valence electrons. The fourth-order valence-corrected chi connectivity index (χ4v) is 4.10. The zero-order valence-corrected chi connectivity index (χ0v) is 15.9. The SMILES string of the molecule is CN1c2ccc(C(F)(F)F)cc2C(C)(C)CC1c1cccc(NC2CC2)c1. The number of benzene rings is 2. The quantitative estimate of drug-likeness (QED) is 0.694. The van der Waals surface area contributed by atoms with Gasteiger partial charge in [0.05, 0.1) is 11.6 Å². The van der Waals surface area contributed by atoms with Crippen molar-refractivity contribution in [3.8, 4) is 0 Å². The summed E-state index contributed by atoms with van der Waals surface area (Å²) in [6.45, 7) is 4.08. The van der Waals surface area contributed by atoms with Crippen LogP contribution in [-0.2, 0) is 11.6 Å². The molecule has 1 heterocycles. The Morgan fingerprint density at radius 3 is 2.48 bits per heavy atom. The average molecular weight is 374 g/mol. The molecule has 0 saturated heterocycles. The molecule has 1 fully saturated rings. The van der Waals surface area contributed by atoms with E-state index in [2.05, 4.69) is 34.5 Å². The summed E-state index contributed by atoms with van der Waals surface area (Å²) < 4.78 is 39.5. The first kappa shape index (κ1) is 18.2. The van der Waals surface area contributed by atoms with E-state index in [1.54, 1.807) is 6.07 Å². The minimum absolute atomic E-state index is 0.130. The molecule has 4 rings (SSSR count). The molecule has 0 spiro atoms. The van der Waals surface area contributed by atoms with Gasteiger partial charge in [-0.3, -0.25) is 0 Å². The highest BCUT2D eigenvalue weighted by Gasteiger charge is 2.39. The highest BCUT2D eigenvalue weighted by atomic mass is 19.4. The summed E-state index contributed by atoms with van der Waals surface area (Å²) in [6.07, 6.45) is -1.11. The van der Waals surface area contributed by atoms with E-state index < -0.39 is 11.7 Å². The Morgan fingerprint density at radius 2 is 1.81 bits per heavy atom. The van der Waals surface area contributed by atoms with E-state index in [0.29, 0.717) is 6.04 Å². The van der Waals surface area contributed by atoms with Gasteiger partial charge in [-0.15, -0.1) is 0 Å². The van der Waals surface area contributed by atoms with Gasteiger partial charge in [0.2, 0.25) is 0 Å².